The topological polar surface area (TPSA) is 52.0 Å². The van der Waals surface area contributed by atoms with E-state index in [1.807, 2.05) is 30.2 Å². The van der Waals surface area contributed by atoms with Crippen molar-refractivity contribution < 1.29 is 4.74 Å². The van der Waals surface area contributed by atoms with E-state index in [1.165, 1.54) is 0 Å². The molecule has 2 aromatic heterocycles. The summed E-state index contributed by atoms with van der Waals surface area (Å²) in [5, 5.41) is 8.57. The van der Waals surface area contributed by atoms with Crippen molar-refractivity contribution in [1.29, 1.82) is 0 Å². The van der Waals surface area contributed by atoms with Gasteiger partial charge in [-0.15, -0.1) is 0 Å². The van der Waals surface area contributed by atoms with Crippen molar-refractivity contribution in [3.05, 3.63) is 47.0 Å². The van der Waals surface area contributed by atoms with E-state index >= 15 is 0 Å². The van der Waals surface area contributed by atoms with Crippen molar-refractivity contribution in [3.63, 3.8) is 0 Å². The van der Waals surface area contributed by atoms with Crippen molar-refractivity contribution in [2.75, 3.05) is 13.2 Å². The second kappa shape index (κ2) is 7.43. The van der Waals surface area contributed by atoms with E-state index in [4.69, 9.17) is 16.3 Å². The van der Waals surface area contributed by atoms with Crippen LogP contribution in [-0.2, 0) is 11.8 Å². The SMILES string of the molecule is CC(NC[C@@H]1CCCO[C@H]1c1cnn(C)c1)c1ccncc1Cl. The predicted octanol–water partition coefficient (Wildman–Crippen LogP) is 3.29. The largest absolute Gasteiger partial charge is 0.373 e. The first-order valence-corrected chi connectivity index (χ1v) is 8.46. The van der Waals surface area contributed by atoms with Crippen LogP contribution in [0.4, 0.5) is 0 Å². The molecule has 1 saturated heterocycles. The Labute approximate surface area is 142 Å². The van der Waals surface area contributed by atoms with E-state index in [0.29, 0.717) is 10.9 Å². The van der Waals surface area contributed by atoms with Gasteiger partial charge in [0.1, 0.15) is 0 Å². The molecule has 124 valence electrons. The lowest BCUT2D eigenvalue weighted by molar-refractivity contribution is -0.0284. The molecule has 3 heterocycles. The van der Waals surface area contributed by atoms with Crippen LogP contribution in [0.2, 0.25) is 5.02 Å². The Balaban J connectivity index is 1.64. The number of nitrogens with one attached hydrogen (secondary N) is 1. The fourth-order valence-electron chi connectivity index (χ4n) is 3.18. The zero-order valence-electron chi connectivity index (χ0n) is 13.6. The summed E-state index contributed by atoms with van der Waals surface area (Å²) >= 11 is 6.23. The van der Waals surface area contributed by atoms with Gasteiger partial charge in [-0.25, -0.2) is 0 Å². The molecule has 0 saturated carbocycles. The number of hydrogen-bond donors (Lipinski definition) is 1. The lowest BCUT2D eigenvalue weighted by atomic mass is 9.90. The van der Waals surface area contributed by atoms with Crippen molar-refractivity contribution in [3.8, 4) is 0 Å². The highest BCUT2D eigenvalue weighted by Crippen LogP contribution is 2.33. The normalized spacial score (nSPS) is 22.9. The Bertz CT molecular complexity index is 645. The Kier molecular flexibility index (Phi) is 5.30. The molecule has 3 atom stereocenters. The summed E-state index contributed by atoms with van der Waals surface area (Å²) in [4.78, 5) is 4.04. The first-order chi connectivity index (χ1) is 11.1. The Hall–Kier alpha value is -1.43. The fraction of sp³-hybridized carbons (Fsp3) is 0.529. The highest BCUT2D eigenvalue weighted by atomic mass is 35.5. The minimum absolute atomic E-state index is 0.116. The molecule has 1 fully saturated rings. The van der Waals surface area contributed by atoms with Crippen LogP contribution in [0.5, 0.6) is 0 Å². The van der Waals surface area contributed by atoms with E-state index < -0.39 is 0 Å². The molecule has 0 bridgehead atoms. The first kappa shape index (κ1) is 16.4. The molecule has 0 aliphatic carbocycles. The predicted molar refractivity (Wildman–Crippen MR) is 90.3 cm³/mol. The van der Waals surface area contributed by atoms with Crippen LogP contribution in [0, 0.1) is 5.92 Å². The van der Waals surface area contributed by atoms with Crippen molar-refractivity contribution >= 4 is 11.6 Å². The molecule has 23 heavy (non-hydrogen) atoms. The van der Waals surface area contributed by atoms with Gasteiger partial charge in [-0.2, -0.15) is 5.10 Å². The summed E-state index contributed by atoms with van der Waals surface area (Å²) in [6.07, 6.45) is 9.80. The third-order valence-corrected chi connectivity index (χ3v) is 4.77. The zero-order valence-corrected chi connectivity index (χ0v) is 14.3. The molecule has 6 heteroatoms. The van der Waals surface area contributed by atoms with Crippen LogP contribution in [0.15, 0.2) is 30.9 Å². The number of aromatic nitrogens is 3. The maximum atomic E-state index is 6.23. The Morgan fingerprint density at radius 2 is 2.35 bits per heavy atom. The highest BCUT2D eigenvalue weighted by Gasteiger charge is 2.28. The quantitative estimate of drug-likeness (QED) is 0.911. The second-order valence-corrected chi connectivity index (χ2v) is 6.58. The zero-order chi connectivity index (χ0) is 16.2. The molecule has 1 N–H and O–H groups in total. The molecule has 0 amide bonds. The maximum absolute atomic E-state index is 6.23. The standard InChI is InChI=1S/C17H23ClN4O/c1-12(15-5-6-19-10-16(15)18)20-8-13-4-3-7-23-17(13)14-9-21-22(2)11-14/h5-6,9-13,17,20H,3-4,7-8H2,1-2H3/t12?,13-,17+/m0/s1. The molecule has 0 radical (unpaired) electrons. The molecule has 0 spiro atoms. The average Bonchev–Trinajstić information content (AvgIpc) is 2.99. The third kappa shape index (κ3) is 3.91. The minimum atomic E-state index is 0.116. The van der Waals surface area contributed by atoms with Crippen molar-refractivity contribution in [1.82, 2.24) is 20.1 Å². The van der Waals surface area contributed by atoms with E-state index in [-0.39, 0.29) is 12.1 Å². The van der Waals surface area contributed by atoms with Crippen molar-refractivity contribution in [2.45, 2.75) is 31.9 Å². The number of ether oxygens (including phenoxy) is 1. The van der Waals surface area contributed by atoms with Gasteiger partial charge in [0.05, 0.1) is 17.3 Å². The molecular weight excluding hydrogens is 312 g/mol. The fourth-order valence-corrected chi connectivity index (χ4v) is 3.47. The molecule has 2 aromatic rings. The maximum Gasteiger partial charge on any atom is 0.0895 e. The van der Waals surface area contributed by atoms with Crippen LogP contribution in [0.1, 0.15) is 43.0 Å². The number of aryl methyl sites for hydroxylation is 1. The average molecular weight is 335 g/mol. The summed E-state index contributed by atoms with van der Waals surface area (Å²) in [6.45, 7) is 3.84. The second-order valence-electron chi connectivity index (χ2n) is 6.17. The van der Waals surface area contributed by atoms with Crippen molar-refractivity contribution in [2.24, 2.45) is 13.0 Å². The van der Waals surface area contributed by atoms with Gasteiger partial charge in [0.25, 0.3) is 0 Å². The van der Waals surface area contributed by atoms with E-state index in [2.05, 4.69) is 22.3 Å². The first-order valence-electron chi connectivity index (χ1n) is 8.08. The summed E-state index contributed by atoms with van der Waals surface area (Å²) in [5.41, 5.74) is 2.24. The monoisotopic (exact) mass is 334 g/mol. The van der Waals surface area contributed by atoms with Gasteiger partial charge >= 0.3 is 0 Å². The van der Waals surface area contributed by atoms with E-state index in [1.54, 1.807) is 12.4 Å². The van der Waals surface area contributed by atoms with Gasteiger partial charge in [0, 0.05) is 56.3 Å². The smallest absolute Gasteiger partial charge is 0.0895 e. The van der Waals surface area contributed by atoms with Crippen LogP contribution in [-0.4, -0.2) is 27.9 Å². The molecule has 5 nitrogen and oxygen atoms in total. The van der Waals surface area contributed by atoms with Gasteiger partial charge in [-0.3, -0.25) is 9.67 Å². The van der Waals surface area contributed by atoms with Gasteiger partial charge < -0.3 is 10.1 Å². The van der Waals surface area contributed by atoms with Gasteiger partial charge in [0.15, 0.2) is 0 Å². The number of hydrogen-bond acceptors (Lipinski definition) is 4. The number of halogens is 1. The summed E-state index contributed by atoms with van der Waals surface area (Å²) in [6, 6.07) is 2.15. The molecule has 0 aromatic carbocycles. The van der Waals surface area contributed by atoms with Crippen LogP contribution < -0.4 is 5.32 Å². The van der Waals surface area contributed by atoms with Gasteiger partial charge in [-0.1, -0.05) is 11.6 Å². The van der Waals surface area contributed by atoms with Crippen LogP contribution in [0.25, 0.3) is 0 Å². The molecule has 1 unspecified atom stereocenters. The number of pyridine rings is 1. The molecule has 1 aliphatic heterocycles. The Morgan fingerprint density at radius 1 is 1.48 bits per heavy atom. The Morgan fingerprint density at radius 3 is 3.09 bits per heavy atom. The van der Waals surface area contributed by atoms with E-state index in [0.717, 1.165) is 37.1 Å². The summed E-state index contributed by atoms with van der Waals surface area (Å²) < 4.78 is 7.85. The highest BCUT2D eigenvalue weighted by molar-refractivity contribution is 6.31. The van der Waals surface area contributed by atoms with Gasteiger partial charge in [-0.05, 0) is 31.4 Å². The number of rotatable bonds is 5. The number of nitrogens with zero attached hydrogens (tertiary/aromatic N) is 3. The molecule has 1 aliphatic rings. The lowest BCUT2D eigenvalue weighted by Gasteiger charge is -2.32. The van der Waals surface area contributed by atoms with E-state index in [9.17, 15) is 0 Å². The lowest BCUT2D eigenvalue weighted by Crippen LogP contribution is -2.33. The minimum Gasteiger partial charge on any atom is -0.373 e. The van der Waals surface area contributed by atoms with Gasteiger partial charge in [0.2, 0.25) is 0 Å². The van der Waals surface area contributed by atoms with Crippen LogP contribution >= 0.6 is 11.6 Å². The summed E-state index contributed by atoms with van der Waals surface area (Å²) in [7, 11) is 1.94. The third-order valence-electron chi connectivity index (χ3n) is 4.45. The molecular formula is C17H23ClN4O. The molecule has 3 rings (SSSR count). The summed E-state index contributed by atoms with van der Waals surface area (Å²) in [5.74, 6) is 0.441. The van der Waals surface area contributed by atoms with Crippen LogP contribution in [0.3, 0.4) is 0 Å².